The molecule has 0 amide bonds. The Labute approximate surface area is 156 Å². The Hall–Kier alpha value is -2.57. The van der Waals surface area contributed by atoms with Crippen molar-refractivity contribution in [3.05, 3.63) is 59.4 Å². The molecule has 0 unspecified atom stereocenters. The lowest BCUT2D eigenvalue weighted by atomic mass is 9.99. The Morgan fingerprint density at radius 2 is 1.81 bits per heavy atom. The number of ether oxygens (including phenoxy) is 2. The molecule has 0 fully saturated rings. The van der Waals surface area contributed by atoms with Crippen LogP contribution in [0.4, 0.5) is 0 Å². The second-order valence-corrected chi connectivity index (χ2v) is 6.53. The summed E-state index contributed by atoms with van der Waals surface area (Å²) in [5.74, 6) is 0.994. The molecule has 0 radical (unpaired) electrons. The number of nitrogens with zero attached hydrogens (tertiary/aromatic N) is 1. The summed E-state index contributed by atoms with van der Waals surface area (Å²) in [4.78, 5) is 18.5. The molecule has 0 bridgehead atoms. The maximum atomic E-state index is 13.1. The Morgan fingerprint density at radius 3 is 2.42 bits per heavy atom. The molecular formula is C20H20N2O3S. The summed E-state index contributed by atoms with van der Waals surface area (Å²) in [6, 6.07) is 11.1. The molecule has 5 nitrogen and oxygen atoms in total. The van der Waals surface area contributed by atoms with Crippen LogP contribution in [0, 0.1) is 0 Å². The quantitative estimate of drug-likeness (QED) is 0.529. The van der Waals surface area contributed by atoms with Crippen molar-refractivity contribution in [1.29, 1.82) is 0 Å². The van der Waals surface area contributed by atoms with Crippen LogP contribution in [0.5, 0.6) is 11.5 Å². The molecule has 3 rings (SSSR count). The van der Waals surface area contributed by atoms with Gasteiger partial charge in [0, 0.05) is 28.6 Å². The molecule has 0 aliphatic carbocycles. The third-order valence-electron chi connectivity index (χ3n) is 4.24. The molecule has 2 N–H and O–H groups in total. The zero-order chi connectivity index (χ0) is 18.7. The molecule has 1 aromatic heterocycles. The highest BCUT2D eigenvalue weighted by Gasteiger charge is 2.19. The van der Waals surface area contributed by atoms with Gasteiger partial charge in [0.15, 0.2) is 11.5 Å². The van der Waals surface area contributed by atoms with Crippen LogP contribution in [-0.2, 0) is 6.54 Å². The van der Waals surface area contributed by atoms with Crippen molar-refractivity contribution < 1.29 is 14.3 Å². The molecule has 134 valence electrons. The van der Waals surface area contributed by atoms with E-state index in [4.69, 9.17) is 15.2 Å². The standard InChI is InChI=1S/C20H20N2O3S/c1-24-17-8-15-13(10-21)11-22-19(16(15)9-18(17)25-2)20(23)12-5-4-6-14(7-12)26-3/h4-9,11H,10,21H2,1-3H3. The number of ketones is 1. The van der Waals surface area contributed by atoms with Crippen molar-refractivity contribution in [3.63, 3.8) is 0 Å². The number of benzene rings is 2. The van der Waals surface area contributed by atoms with E-state index < -0.39 is 0 Å². The van der Waals surface area contributed by atoms with Gasteiger partial charge in [0.05, 0.1) is 14.2 Å². The largest absolute Gasteiger partial charge is 0.493 e. The first kappa shape index (κ1) is 18.2. The molecule has 0 spiro atoms. The zero-order valence-electron chi connectivity index (χ0n) is 14.9. The summed E-state index contributed by atoms with van der Waals surface area (Å²) in [7, 11) is 3.14. The van der Waals surface area contributed by atoms with E-state index in [9.17, 15) is 4.79 Å². The van der Waals surface area contributed by atoms with Crippen LogP contribution < -0.4 is 15.2 Å². The van der Waals surface area contributed by atoms with E-state index in [0.717, 1.165) is 15.8 Å². The third-order valence-corrected chi connectivity index (χ3v) is 4.97. The van der Waals surface area contributed by atoms with Crippen molar-refractivity contribution in [2.75, 3.05) is 20.5 Å². The minimum Gasteiger partial charge on any atom is -0.493 e. The first-order chi connectivity index (χ1) is 12.6. The molecular weight excluding hydrogens is 348 g/mol. The van der Waals surface area contributed by atoms with Crippen LogP contribution in [0.25, 0.3) is 10.8 Å². The van der Waals surface area contributed by atoms with Gasteiger partial charge in [0.2, 0.25) is 5.78 Å². The predicted molar refractivity (Wildman–Crippen MR) is 104 cm³/mol. The van der Waals surface area contributed by atoms with E-state index in [2.05, 4.69) is 4.98 Å². The van der Waals surface area contributed by atoms with Crippen molar-refractivity contribution in [2.24, 2.45) is 5.73 Å². The second-order valence-electron chi connectivity index (χ2n) is 5.65. The SMILES string of the molecule is COc1cc2c(CN)cnc(C(=O)c3cccc(SC)c3)c2cc1OC. The predicted octanol–water partition coefficient (Wildman–Crippen LogP) is 3.66. The summed E-state index contributed by atoms with van der Waals surface area (Å²) >= 11 is 1.59. The molecule has 26 heavy (non-hydrogen) atoms. The Bertz CT molecular complexity index is 973. The molecule has 0 atom stereocenters. The van der Waals surface area contributed by atoms with Crippen LogP contribution >= 0.6 is 11.8 Å². The average Bonchev–Trinajstić information content (AvgIpc) is 2.71. The van der Waals surface area contributed by atoms with Gasteiger partial charge in [-0.25, -0.2) is 0 Å². The van der Waals surface area contributed by atoms with Crippen molar-refractivity contribution in [2.45, 2.75) is 11.4 Å². The fraction of sp³-hybridized carbons (Fsp3) is 0.200. The highest BCUT2D eigenvalue weighted by Crippen LogP contribution is 2.35. The van der Waals surface area contributed by atoms with E-state index in [1.165, 1.54) is 0 Å². The van der Waals surface area contributed by atoms with Gasteiger partial charge in [-0.1, -0.05) is 12.1 Å². The summed E-state index contributed by atoms with van der Waals surface area (Å²) in [5, 5.41) is 1.54. The normalized spacial score (nSPS) is 10.8. The number of carbonyl (C=O) groups excluding carboxylic acids is 1. The number of carbonyl (C=O) groups is 1. The lowest BCUT2D eigenvalue weighted by molar-refractivity contribution is 0.103. The molecule has 0 saturated heterocycles. The smallest absolute Gasteiger partial charge is 0.212 e. The van der Waals surface area contributed by atoms with Gasteiger partial charge < -0.3 is 15.2 Å². The first-order valence-electron chi connectivity index (χ1n) is 8.05. The minimum atomic E-state index is -0.137. The highest BCUT2D eigenvalue weighted by molar-refractivity contribution is 7.98. The van der Waals surface area contributed by atoms with Crippen LogP contribution in [0.1, 0.15) is 21.6 Å². The molecule has 2 aromatic carbocycles. The highest BCUT2D eigenvalue weighted by atomic mass is 32.2. The Kier molecular flexibility index (Phi) is 5.44. The number of aromatic nitrogens is 1. The number of nitrogens with two attached hydrogens (primary N) is 1. The summed E-state index contributed by atoms with van der Waals surface area (Å²) in [6.45, 7) is 0.315. The van der Waals surface area contributed by atoms with Crippen LogP contribution in [-0.4, -0.2) is 31.2 Å². The maximum Gasteiger partial charge on any atom is 0.212 e. The summed E-state index contributed by atoms with van der Waals surface area (Å²) in [6.07, 6.45) is 3.63. The monoisotopic (exact) mass is 368 g/mol. The van der Waals surface area contributed by atoms with E-state index >= 15 is 0 Å². The average molecular weight is 368 g/mol. The van der Waals surface area contributed by atoms with Gasteiger partial charge in [0.25, 0.3) is 0 Å². The number of rotatable bonds is 6. The summed E-state index contributed by atoms with van der Waals surface area (Å²) < 4.78 is 10.8. The van der Waals surface area contributed by atoms with Crippen LogP contribution in [0.2, 0.25) is 0 Å². The maximum absolute atomic E-state index is 13.1. The van der Waals surface area contributed by atoms with E-state index in [1.54, 1.807) is 44.3 Å². The van der Waals surface area contributed by atoms with E-state index in [0.29, 0.717) is 34.7 Å². The number of fused-ring (bicyclic) bond motifs is 1. The number of hydrogen-bond acceptors (Lipinski definition) is 6. The fourth-order valence-electron chi connectivity index (χ4n) is 2.87. The minimum absolute atomic E-state index is 0.137. The number of hydrogen-bond donors (Lipinski definition) is 1. The van der Waals surface area contributed by atoms with Gasteiger partial charge >= 0.3 is 0 Å². The number of thioether (sulfide) groups is 1. The summed E-state index contributed by atoms with van der Waals surface area (Å²) in [5.41, 5.74) is 7.67. The lowest BCUT2D eigenvalue weighted by Crippen LogP contribution is -2.08. The molecule has 0 aliphatic rings. The van der Waals surface area contributed by atoms with E-state index in [-0.39, 0.29) is 5.78 Å². The van der Waals surface area contributed by atoms with Gasteiger partial charge in [0.1, 0.15) is 5.69 Å². The Balaban J connectivity index is 2.23. The molecule has 0 aliphatic heterocycles. The van der Waals surface area contributed by atoms with Gasteiger partial charge in [-0.3, -0.25) is 9.78 Å². The zero-order valence-corrected chi connectivity index (χ0v) is 15.7. The van der Waals surface area contributed by atoms with Gasteiger partial charge in [-0.2, -0.15) is 0 Å². The lowest BCUT2D eigenvalue weighted by Gasteiger charge is -2.13. The van der Waals surface area contributed by atoms with Crippen LogP contribution in [0.3, 0.4) is 0 Å². The molecule has 0 saturated carbocycles. The Morgan fingerprint density at radius 1 is 1.12 bits per heavy atom. The second kappa shape index (κ2) is 7.76. The molecule has 6 heteroatoms. The van der Waals surface area contributed by atoms with Gasteiger partial charge in [-0.05, 0) is 41.5 Å². The van der Waals surface area contributed by atoms with Crippen molar-refractivity contribution in [1.82, 2.24) is 4.98 Å². The van der Waals surface area contributed by atoms with Crippen molar-refractivity contribution >= 4 is 28.3 Å². The van der Waals surface area contributed by atoms with Gasteiger partial charge in [-0.15, -0.1) is 11.8 Å². The molecule has 3 aromatic rings. The topological polar surface area (TPSA) is 74.4 Å². The van der Waals surface area contributed by atoms with E-state index in [1.807, 2.05) is 30.5 Å². The fourth-order valence-corrected chi connectivity index (χ4v) is 3.33. The van der Waals surface area contributed by atoms with Crippen molar-refractivity contribution in [3.8, 4) is 11.5 Å². The number of methoxy groups -OCH3 is 2. The first-order valence-corrected chi connectivity index (χ1v) is 9.27. The van der Waals surface area contributed by atoms with Crippen LogP contribution in [0.15, 0.2) is 47.5 Å². The number of pyridine rings is 1. The third kappa shape index (κ3) is 3.25. The molecule has 1 heterocycles.